The summed E-state index contributed by atoms with van der Waals surface area (Å²) < 4.78 is 11.6. The summed E-state index contributed by atoms with van der Waals surface area (Å²) in [5, 5.41) is 9.98. The summed E-state index contributed by atoms with van der Waals surface area (Å²) >= 11 is 0. The monoisotopic (exact) mass is 384 g/mol. The fourth-order valence-corrected chi connectivity index (χ4v) is 3.69. The highest BCUT2D eigenvalue weighted by molar-refractivity contribution is 6.03. The van der Waals surface area contributed by atoms with Gasteiger partial charge in [0.05, 0.1) is 17.9 Å². The second-order valence-corrected chi connectivity index (χ2v) is 7.77. The number of hydrogen-bond acceptors (Lipinski definition) is 5. The lowest BCUT2D eigenvalue weighted by molar-refractivity contribution is -0.120. The summed E-state index contributed by atoms with van der Waals surface area (Å²) in [6.45, 7) is 4.60. The van der Waals surface area contributed by atoms with E-state index in [4.69, 9.17) is 9.47 Å². The van der Waals surface area contributed by atoms with E-state index in [0.717, 1.165) is 11.3 Å². The number of aromatic nitrogens is 2. The van der Waals surface area contributed by atoms with Gasteiger partial charge in [0, 0.05) is 24.7 Å². The maximum atomic E-state index is 12.9. The number of hydrogen-bond donors (Lipinski definition) is 2. The Morgan fingerprint density at radius 2 is 2.14 bits per heavy atom. The fraction of sp³-hybridized carbons (Fsp3) is 0.450. The lowest BCUT2D eigenvalue weighted by Crippen LogP contribution is -2.49. The minimum absolute atomic E-state index is 0.0642. The zero-order valence-corrected chi connectivity index (χ0v) is 16.2. The van der Waals surface area contributed by atoms with Gasteiger partial charge in [-0.1, -0.05) is 12.1 Å². The third-order valence-electron chi connectivity index (χ3n) is 5.18. The van der Waals surface area contributed by atoms with Crippen molar-refractivity contribution in [3.8, 4) is 5.75 Å². The molecule has 8 heteroatoms. The molecule has 0 unspecified atom stereocenters. The maximum absolute atomic E-state index is 12.9. The second kappa shape index (κ2) is 6.94. The van der Waals surface area contributed by atoms with Gasteiger partial charge in [-0.25, -0.2) is 0 Å². The Morgan fingerprint density at radius 1 is 1.36 bits per heavy atom. The van der Waals surface area contributed by atoms with E-state index >= 15 is 0 Å². The summed E-state index contributed by atoms with van der Waals surface area (Å²) in [5.41, 5.74) is 2.43. The Bertz CT molecular complexity index is 921. The van der Waals surface area contributed by atoms with Crippen molar-refractivity contribution in [2.75, 3.05) is 25.2 Å². The molecule has 0 bridgehead atoms. The molecule has 2 aliphatic heterocycles. The molecule has 1 atom stereocenters. The van der Waals surface area contributed by atoms with E-state index in [1.807, 2.05) is 32.0 Å². The molecule has 8 nitrogen and oxygen atoms in total. The van der Waals surface area contributed by atoms with Gasteiger partial charge >= 0.3 is 0 Å². The van der Waals surface area contributed by atoms with Crippen molar-refractivity contribution in [1.29, 1.82) is 0 Å². The molecule has 0 fully saturated rings. The van der Waals surface area contributed by atoms with E-state index < -0.39 is 11.9 Å². The number of likely N-dealkylation sites (N-methyl/N-ethyl adjacent to an activating group) is 1. The van der Waals surface area contributed by atoms with Crippen molar-refractivity contribution >= 4 is 17.5 Å². The van der Waals surface area contributed by atoms with E-state index in [-0.39, 0.29) is 18.1 Å². The fourth-order valence-electron chi connectivity index (χ4n) is 3.69. The Morgan fingerprint density at radius 3 is 2.96 bits per heavy atom. The van der Waals surface area contributed by atoms with Crippen LogP contribution in [0.15, 0.2) is 24.3 Å². The quantitative estimate of drug-likeness (QED) is 0.817. The van der Waals surface area contributed by atoms with Gasteiger partial charge in [0.25, 0.3) is 11.8 Å². The van der Waals surface area contributed by atoms with Gasteiger partial charge in [-0.05, 0) is 32.4 Å². The van der Waals surface area contributed by atoms with Crippen LogP contribution < -0.4 is 15.0 Å². The number of para-hydroxylation sites is 2. The van der Waals surface area contributed by atoms with Crippen LogP contribution in [-0.2, 0) is 22.4 Å². The number of carbonyl (C=O) groups excluding carboxylic acids is 2. The Labute approximate surface area is 163 Å². The van der Waals surface area contributed by atoms with E-state index in [2.05, 4.69) is 15.5 Å². The number of amides is 2. The summed E-state index contributed by atoms with van der Waals surface area (Å²) in [6, 6.07) is 6.51. The first-order valence-electron chi connectivity index (χ1n) is 9.36. The minimum atomic E-state index is -0.796. The Kier molecular flexibility index (Phi) is 4.58. The van der Waals surface area contributed by atoms with Crippen LogP contribution in [-0.4, -0.2) is 53.9 Å². The van der Waals surface area contributed by atoms with E-state index in [9.17, 15) is 9.59 Å². The van der Waals surface area contributed by atoms with E-state index in [0.29, 0.717) is 36.6 Å². The normalized spacial score (nSPS) is 21.0. The zero-order valence-electron chi connectivity index (χ0n) is 16.2. The first-order chi connectivity index (χ1) is 13.4. The van der Waals surface area contributed by atoms with Crippen LogP contribution in [0.5, 0.6) is 5.75 Å². The Balaban J connectivity index is 1.54. The molecule has 0 saturated heterocycles. The molecule has 1 aromatic carbocycles. The van der Waals surface area contributed by atoms with Crippen LogP contribution in [0.3, 0.4) is 0 Å². The molecule has 2 amide bonds. The standard InChI is InChI=1S/C20H24N4O4/c1-20(2)10-13-12(8-9-28-20)17(23-22-13)18(25)21-14-11-27-16-7-5-4-6-15(16)24(3)19(14)26/h4-7,14H,8-11H2,1-3H3,(H,21,25)(H,22,23)/t14-/m0/s1. The SMILES string of the molecule is CN1C(=O)[C@@H](NC(=O)c2n[nH]c3c2CCOC(C)(C)C3)COc2ccccc21. The average molecular weight is 384 g/mol. The number of H-pyrrole nitrogens is 1. The number of anilines is 1. The van der Waals surface area contributed by atoms with Gasteiger partial charge in [-0.15, -0.1) is 0 Å². The minimum Gasteiger partial charge on any atom is -0.489 e. The van der Waals surface area contributed by atoms with Gasteiger partial charge < -0.3 is 19.7 Å². The summed E-state index contributed by atoms with van der Waals surface area (Å²) in [6.07, 6.45) is 1.24. The lowest BCUT2D eigenvalue weighted by atomic mass is 9.99. The number of rotatable bonds is 2. The van der Waals surface area contributed by atoms with Crippen LogP contribution in [0.25, 0.3) is 0 Å². The van der Waals surface area contributed by atoms with Crippen LogP contribution in [0.2, 0.25) is 0 Å². The molecule has 148 valence electrons. The van der Waals surface area contributed by atoms with Crippen molar-refractivity contribution in [2.24, 2.45) is 0 Å². The van der Waals surface area contributed by atoms with Gasteiger partial charge in [0.1, 0.15) is 18.4 Å². The van der Waals surface area contributed by atoms with Crippen molar-refractivity contribution in [2.45, 2.75) is 38.3 Å². The summed E-state index contributed by atoms with van der Waals surface area (Å²) in [5.74, 6) is -0.00831. The molecule has 0 radical (unpaired) electrons. The molecular formula is C20H24N4O4. The molecule has 2 aliphatic rings. The van der Waals surface area contributed by atoms with Crippen molar-refractivity contribution < 1.29 is 19.1 Å². The number of fused-ring (bicyclic) bond motifs is 2. The molecule has 3 heterocycles. The van der Waals surface area contributed by atoms with Crippen molar-refractivity contribution in [3.63, 3.8) is 0 Å². The highest BCUT2D eigenvalue weighted by atomic mass is 16.5. The number of aromatic amines is 1. The third kappa shape index (κ3) is 3.35. The van der Waals surface area contributed by atoms with E-state index in [1.165, 1.54) is 4.90 Å². The van der Waals surface area contributed by atoms with Crippen molar-refractivity contribution in [1.82, 2.24) is 15.5 Å². The maximum Gasteiger partial charge on any atom is 0.272 e. The van der Waals surface area contributed by atoms with Gasteiger partial charge in [-0.3, -0.25) is 14.7 Å². The van der Waals surface area contributed by atoms with Crippen LogP contribution >= 0.6 is 0 Å². The van der Waals surface area contributed by atoms with Crippen LogP contribution in [0, 0.1) is 0 Å². The van der Waals surface area contributed by atoms with Crippen molar-refractivity contribution in [3.05, 3.63) is 41.2 Å². The lowest BCUT2D eigenvalue weighted by Gasteiger charge is -2.22. The number of benzene rings is 1. The third-order valence-corrected chi connectivity index (χ3v) is 5.18. The summed E-state index contributed by atoms with van der Waals surface area (Å²) in [4.78, 5) is 27.2. The number of carbonyl (C=O) groups is 2. The first kappa shape index (κ1) is 18.5. The predicted molar refractivity (Wildman–Crippen MR) is 103 cm³/mol. The van der Waals surface area contributed by atoms with E-state index in [1.54, 1.807) is 13.1 Å². The van der Waals surface area contributed by atoms with Crippen LogP contribution in [0.4, 0.5) is 5.69 Å². The molecular weight excluding hydrogens is 360 g/mol. The van der Waals surface area contributed by atoms with Crippen LogP contribution in [0.1, 0.15) is 35.6 Å². The first-order valence-corrected chi connectivity index (χ1v) is 9.36. The topological polar surface area (TPSA) is 96.6 Å². The highest BCUT2D eigenvalue weighted by Gasteiger charge is 2.33. The molecule has 4 rings (SSSR count). The molecule has 1 aromatic heterocycles. The molecule has 28 heavy (non-hydrogen) atoms. The molecule has 0 saturated carbocycles. The molecule has 0 spiro atoms. The summed E-state index contributed by atoms with van der Waals surface area (Å²) in [7, 11) is 1.68. The largest absolute Gasteiger partial charge is 0.489 e. The molecule has 2 N–H and O–H groups in total. The molecule has 2 aromatic rings. The number of ether oxygens (including phenoxy) is 2. The smallest absolute Gasteiger partial charge is 0.272 e. The zero-order chi connectivity index (χ0) is 19.9. The predicted octanol–water partition coefficient (Wildman–Crippen LogP) is 1.46. The highest BCUT2D eigenvalue weighted by Crippen LogP contribution is 2.30. The van der Waals surface area contributed by atoms with Gasteiger partial charge in [0.15, 0.2) is 5.69 Å². The molecule has 0 aliphatic carbocycles. The average Bonchev–Trinajstić information content (AvgIpc) is 2.92. The number of nitrogens with one attached hydrogen (secondary N) is 2. The number of nitrogens with zero attached hydrogens (tertiary/aromatic N) is 2. The van der Waals surface area contributed by atoms with Gasteiger partial charge in [-0.2, -0.15) is 5.10 Å². The Hall–Kier alpha value is -2.87. The van der Waals surface area contributed by atoms with Gasteiger partial charge in [0.2, 0.25) is 0 Å². The second-order valence-electron chi connectivity index (χ2n) is 7.77.